The van der Waals surface area contributed by atoms with E-state index in [0.29, 0.717) is 5.52 Å². The van der Waals surface area contributed by atoms with E-state index in [0.717, 1.165) is 6.07 Å². The molecule has 0 fully saturated rings. The van der Waals surface area contributed by atoms with Crippen LogP contribution >= 0.6 is 12.2 Å². The lowest BCUT2D eigenvalue weighted by atomic mass is 10.3. The number of aromatic amines is 1. The van der Waals surface area contributed by atoms with Gasteiger partial charge in [-0.3, -0.25) is 0 Å². The van der Waals surface area contributed by atoms with E-state index in [1.807, 2.05) is 0 Å². The Bertz CT molecular complexity index is 637. The first-order valence-electron chi connectivity index (χ1n) is 5.43. The molecule has 0 atom stereocenters. The van der Waals surface area contributed by atoms with Gasteiger partial charge in [0, 0.05) is 6.54 Å². The van der Waals surface area contributed by atoms with E-state index >= 15 is 0 Å². The highest BCUT2D eigenvalue weighted by Gasteiger charge is 2.13. The van der Waals surface area contributed by atoms with Crippen molar-refractivity contribution >= 4 is 23.3 Å². The van der Waals surface area contributed by atoms with E-state index in [1.165, 1.54) is 10.6 Å². The molecular weight excluding hydrogens is 284 g/mol. The number of fused-ring (bicyclic) bond motifs is 1. The number of hydrogen-bond donors (Lipinski definition) is 1. The van der Waals surface area contributed by atoms with Crippen LogP contribution in [-0.2, 0) is 11.3 Å². The van der Waals surface area contributed by atoms with Crippen LogP contribution in [0.5, 0.6) is 0 Å². The third kappa shape index (κ3) is 2.95. The molecule has 0 aliphatic heterocycles. The van der Waals surface area contributed by atoms with Gasteiger partial charge in [-0.1, -0.05) is 0 Å². The van der Waals surface area contributed by atoms with Crippen molar-refractivity contribution in [1.82, 2.24) is 9.55 Å². The quantitative estimate of drug-likeness (QED) is 0.521. The number of benzene rings is 1. The molecule has 0 saturated heterocycles. The fourth-order valence-corrected chi connectivity index (χ4v) is 2.02. The minimum Gasteiger partial charge on any atom is -0.374 e. The smallest absolute Gasteiger partial charge is 0.261 e. The summed E-state index contributed by atoms with van der Waals surface area (Å²) in [5, 5.41) is 0. The Morgan fingerprint density at radius 3 is 2.74 bits per heavy atom. The zero-order valence-corrected chi connectivity index (χ0v) is 10.4. The summed E-state index contributed by atoms with van der Waals surface area (Å²) in [7, 11) is 0. The molecule has 2 aromatic rings. The Kier molecular flexibility index (Phi) is 4.20. The monoisotopic (exact) mass is 294 g/mol. The predicted octanol–water partition coefficient (Wildman–Crippen LogP) is 3.26. The highest BCUT2D eigenvalue weighted by Crippen LogP contribution is 2.20. The van der Waals surface area contributed by atoms with Crippen molar-refractivity contribution in [3.63, 3.8) is 0 Å². The normalized spacial score (nSPS) is 11.6. The van der Waals surface area contributed by atoms with E-state index in [4.69, 9.17) is 17.0 Å². The van der Waals surface area contributed by atoms with E-state index in [2.05, 4.69) is 4.98 Å². The Balaban J connectivity index is 2.25. The molecule has 0 spiro atoms. The molecule has 0 bridgehead atoms. The topological polar surface area (TPSA) is 29.9 Å². The lowest BCUT2D eigenvalue weighted by molar-refractivity contribution is 0.0149. The van der Waals surface area contributed by atoms with Crippen molar-refractivity contribution in [2.75, 3.05) is 13.2 Å². The molecule has 0 saturated carbocycles. The maximum Gasteiger partial charge on any atom is 0.261 e. The second-order valence-electron chi connectivity index (χ2n) is 3.81. The third-order valence-electron chi connectivity index (χ3n) is 2.53. The Labute approximate surface area is 110 Å². The number of nitrogens with one attached hydrogen (secondary N) is 1. The van der Waals surface area contributed by atoms with Crippen molar-refractivity contribution in [3.05, 3.63) is 28.5 Å². The molecule has 8 heteroatoms. The molecule has 0 aliphatic rings. The summed E-state index contributed by atoms with van der Waals surface area (Å²) < 4.78 is 56.8. The van der Waals surface area contributed by atoms with Crippen molar-refractivity contribution in [2.45, 2.75) is 13.0 Å². The predicted molar refractivity (Wildman–Crippen MR) is 63.9 cm³/mol. The van der Waals surface area contributed by atoms with Gasteiger partial charge in [-0.2, -0.15) is 0 Å². The van der Waals surface area contributed by atoms with Crippen LogP contribution in [0.4, 0.5) is 17.6 Å². The van der Waals surface area contributed by atoms with Crippen LogP contribution in [0.2, 0.25) is 0 Å². The van der Waals surface area contributed by atoms with Crippen molar-refractivity contribution in [1.29, 1.82) is 0 Å². The van der Waals surface area contributed by atoms with Crippen LogP contribution in [-0.4, -0.2) is 29.2 Å². The largest absolute Gasteiger partial charge is 0.374 e. The number of halogens is 4. The maximum absolute atomic E-state index is 13.7. The zero-order valence-electron chi connectivity index (χ0n) is 9.63. The summed E-state index contributed by atoms with van der Waals surface area (Å²) in [6, 6.07) is 2.35. The minimum atomic E-state index is -2.56. The number of imidazole rings is 1. The van der Waals surface area contributed by atoms with Crippen molar-refractivity contribution in [3.8, 4) is 0 Å². The molecule has 1 aromatic carbocycles. The molecular formula is C11H10F4N2OS. The van der Waals surface area contributed by atoms with Gasteiger partial charge in [-0.15, -0.1) is 0 Å². The first-order valence-corrected chi connectivity index (χ1v) is 5.84. The molecule has 19 heavy (non-hydrogen) atoms. The molecule has 104 valence electrons. The molecule has 1 heterocycles. The summed E-state index contributed by atoms with van der Waals surface area (Å²) in [6.45, 7) is -0.708. The average Bonchev–Trinajstić information content (AvgIpc) is 2.66. The summed E-state index contributed by atoms with van der Waals surface area (Å²) in [6.07, 6.45) is -2.56. The lowest BCUT2D eigenvalue weighted by Gasteiger charge is -2.06. The van der Waals surface area contributed by atoms with E-state index in [1.54, 1.807) is 0 Å². The average molecular weight is 294 g/mol. The number of H-pyrrole nitrogens is 1. The molecule has 0 unspecified atom stereocenters. The lowest BCUT2D eigenvalue weighted by Crippen LogP contribution is -2.11. The number of aromatic nitrogens is 2. The van der Waals surface area contributed by atoms with Gasteiger partial charge in [0.2, 0.25) is 0 Å². The standard InChI is InChI=1S/C11H10F4N2OS/c12-6-1-2-7-10(9(6)15)17(11(19)16-7)3-4-18-5-8(13)14/h1-2,8H,3-5H2,(H,16,19). The van der Waals surface area contributed by atoms with Crippen LogP contribution in [0.25, 0.3) is 11.0 Å². The minimum absolute atomic E-state index is 0.0225. The number of nitrogens with zero attached hydrogens (tertiary/aromatic N) is 1. The van der Waals surface area contributed by atoms with Gasteiger partial charge in [0.15, 0.2) is 16.4 Å². The SMILES string of the molecule is Fc1ccc2[nH]c(=S)n(CCOCC(F)F)c2c1F. The van der Waals surface area contributed by atoms with Crippen LogP contribution < -0.4 is 0 Å². The molecule has 0 amide bonds. The number of ether oxygens (including phenoxy) is 1. The molecule has 0 aliphatic carbocycles. The van der Waals surface area contributed by atoms with Crippen LogP contribution in [0.3, 0.4) is 0 Å². The van der Waals surface area contributed by atoms with E-state index in [-0.39, 0.29) is 23.4 Å². The van der Waals surface area contributed by atoms with Gasteiger partial charge in [-0.25, -0.2) is 17.6 Å². The van der Waals surface area contributed by atoms with Gasteiger partial charge >= 0.3 is 0 Å². The summed E-state index contributed by atoms with van der Waals surface area (Å²) in [4.78, 5) is 2.71. The Morgan fingerprint density at radius 1 is 1.32 bits per heavy atom. The van der Waals surface area contributed by atoms with E-state index in [9.17, 15) is 17.6 Å². The van der Waals surface area contributed by atoms with Crippen molar-refractivity contribution in [2.24, 2.45) is 0 Å². The highest BCUT2D eigenvalue weighted by atomic mass is 32.1. The van der Waals surface area contributed by atoms with Gasteiger partial charge < -0.3 is 14.3 Å². The van der Waals surface area contributed by atoms with Gasteiger partial charge in [-0.05, 0) is 24.4 Å². The number of alkyl halides is 2. The molecule has 1 aromatic heterocycles. The third-order valence-corrected chi connectivity index (χ3v) is 2.85. The molecule has 0 radical (unpaired) electrons. The fraction of sp³-hybridized carbons (Fsp3) is 0.364. The first kappa shape index (κ1) is 14.0. The molecule has 1 N–H and O–H groups in total. The summed E-state index contributed by atoms with van der Waals surface area (Å²) in [5.41, 5.74) is 0.323. The van der Waals surface area contributed by atoms with Gasteiger partial charge in [0.05, 0.1) is 12.1 Å². The van der Waals surface area contributed by atoms with Gasteiger partial charge in [0.1, 0.15) is 12.1 Å². The fourth-order valence-electron chi connectivity index (χ4n) is 1.73. The van der Waals surface area contributed by atoms with Crippen molar-refractivity contribution < 1.29 is 22.3 Å². The van der Waals surface area contributed by atoms with Crippen LogP contribution in [0.15, 0.2) is 12.1 Å². The second kappa shape index (κ2) is 5.70. The highest BCUT2D eigenvalue weighted by molar-refractivity contribution is 7.71. The maximum atomic E-state index is 13.7. The second-order valence-corrected chi connectivity index (χ2v) is 4.19. The van der Waals surface area contributed by atoms with E-state index < -0.39 is 24.7 Å². The van der Waals surface area contributed by atoms with Gasteiger partial charge in [0.25, 0.3) is 6.43 Å². The van der Waals surface area contributed by atoms with Crippen LogP contribution in [0, 0.1) is 16.4 Å². The Hall–Kier alpha value is -1.41. The first-order chi connectivity index (χ1) is 9.00. The Morgan fingerprint density at radius 2 is 2.05 bits per heavy atom. The summed E-state index contributed by atoms with van der Waals surface area (Å²) >= 11 is 4.97. The number of hydrogen-bond acceptors (Lipinski definition) is 2. The number of rotatable bonds is 5. The molecule has 3 nitrogen and oxygen atoms in total. The summed E-state index contributed by atoms with van der Waals surface area (Å²) in [5.74, 6) is -2.03. The zero-order chi connectivity index (χ0) is 14.0. The van der Waals surface area contributed by atoms with Crippen LogP contribution in [0.1, 0.15) is 0 Å². The molecule has 2 rings (SSSR count).